The third-order valence-electron chi connectivity index (χ3n) is 3.74. The van der Waals surface area contributed by atoms with Gasteiger partial charge < -0.3 is 14.5 Å². The number of anilines is 3. The summed E-state index contributed by atoms with van der Waals surface area (Å²) in [7, 11) is 0. The Bertz CT molecular complexity index is 1140. The number of ether oxygens (including phenoxy) is 1. The maximum absolute atomic E-state index is 12.2. The Balaban J connectivity index is 1.50. The van der Waals surface area contributed by atoms with Gasteiger partial charge in [0.1, 0.15) is 11.6 Å². The van der Waals surface area contributed by atoms with Crippen LogP contribution < -0.4 is 15.4 Å². The van der Waals surface area contributed by atoms with Crippen molar-refractivity contribution in [3.8, 4) is 17.2 Å². The standard InChI is InChI=1S/C19H16N6O3S/c1-11-21-7-6-16(22-11)25-19(26)28-17-18(29-12(2)23-17)24-14-5-3-4-13(8-14)15-9-20-10-27-15/h3-10,24H,1-2H3,(H,21,22,25,26). The number of benzene rings is 1. The van der Waals surface area contributed by atoms with Gasteiger partial charge in [0.15, 0.2) is 17.2 Å². The van der Waals surface area contributed by atoms with Crippen LogP contribution in [-0.4, -0.2) is 26.0 Å². The van der Waals surface area contributed by atoms with Crippen LogP contribution in [0.2, 0.25) is 0 Å². The van der Waals surface area contributed by atoms with E-state index < -0.39 is 6.09 Å². The summed E-state index contributed by atoms with van der Waals surface area (Å²) in [5.41, 5.74) is 1.66. The topological polar surface area (TPSA) is 115 Å². The molecule has 0 bridgehead atoms. The number of amides is 1. The Labute approximate surface area is 169 Å². The molecule has 1 amide bonds. The van der Waals surface area contributed by atoms with Crippen LogP contribution in [0, 0.1) is 13.8 Å². The molecular formula is C19H16N6O3S. The van der Waals surface area contributed by atoms with E-state index in [0.29, 0.717) is 22.4 Å². The average molecular weight is 408 g/mol. The molecule has 0 unspecified atom stereocenters. The van der Waals surface area contributed by atoms with Gasteiger partial charge in [-0.1, -0.05) is 23.5 Å². The van der Waals surface area contributed by atoms with Crippen LogP contribution in [0.5, 0.6) is 5.88 Å². The molecule has 146 valence electrons. The molecule has 0 radical (unpaired) electrons. The first-order valence-corrected chi connectivity index (χ1v) is 9.40. The molecule has 29 heavy (non-hydrogen) atoms. The molecule has 3 aromatic heterocycles. The smallest absolute Gasteiger partial charge is 0.419 e. The molecule has 3 heterocycles. The Morgan fingerprint density at radius 1 is 1.21 bits per heavy atom. The number of aryl methyl sites for hydroxylation is 2. The molecular weight excluding hydrogens is 392 g/mol. The van der Waals surface area contributed by atoms with E-state index in [-0.39, 0.29) is 5.88 Å². The second-order valence-electron chi connectivity index (χ2n) is 5.94. The quantitative estimate of drug-likeness (QED) is 0.494. The van der Waals surface area contributed by atoms with Crippen molar-refractivity contribution in [2.45, 2.75) is 13.8 Å². The molecule has 0 saturated carbocycles. The normalized spacial score (nSPS) is 10.6. The lowest BCUT2D eigenvalue weighted by Crippen LogP contribution is -2.18. The van der Waals surface area contributed by atoms with Crippen molar-refractivity contribution < 1.29 is 13.9 Å². The van der Waals surface area contributed by atoms with Crippen molar-refractivity contribution in [3.63, 3.8) is 0 Å². The molecule has 0 spiro atoms. The maximum Gasteiger partial charge on any atom is 0.419 e. The first kappa shape index (κ1) is 18.6. The third kappa shape index (κ3) is 4.55. The van der Waals surface area contributed by atoms with Gasteiger partial charge in [-0.2, -0.15) is 0 Å². The van der Waals surface area contributed by atoms with E-state index in [9.17, 15) is 4.79 Å². The molecule has 0 aliphatic rings. The first-order chi connectivity index (χ1) is 14.1. The van der Waals surface area contributed by atoms with Crippen LogP contribution in [0.3, 0.4) is 0 Å². The SMILES string of the molecule is Cc1nccc(NC(=O)Oc2nc(C)sc2Nc2cccc(-c3cnco3)c2)n1. The monoisotopic (exact) mass is 408 g/mol. The van der Waals surface area contributed by atoms with E-state index in [4.69, 9.17) is 9.15 Å². The Kier molecular flexibility index (Phi) is 5.16. The Morgan fingerprint density at radius 3 is 2.90 bits per heavy atom. The summed E-state index contributed by atoms with van der Waals surface area (Å²) in [5, 5.41) is 7.15. The lowest BCUT2D eigenvalue weighted by Gasteiger charge is -2.08. The first-order valence-electron chi connectivity index (χ1n) is 8.59. The number of nitrogens with zero attached hydrogens (tertiary/aromatic N) is 4. The van der Waals surface area contributed by atoms with E-state index in [1.165, 1.54) is 17.7 Å². The summed E-state index contributed by atoms with van der Waals surface area (Å²) in [6, 6.07) is 9.18. The third-order valence-corrected chi connectivity index (χ3v) is 4.60. The largest absolute Gasteiger partial charge is 0.444 e. The van der Waals surface area contributed by atoms with Gasteiger partial charge in [-0.05, 0) is 32.0 Å². The lowest BCUT2D eigenvalue weighted by molar-refractivity contribution is 0.213. The van der Waals surface area contributed by atoms with E-state index in [1.807, 2.05) is 31.2 Å². The predicted octanol–water partition coefficient (Wildman–Crippen LogP) is 4.56. The fraction of sp³-hybridized carbons (Fsp3) is 0.105. The summed E-state index contributed by atoms with van der Waals surface area (Å²) in [6.45, 7) is 3.56. The molecule has 9 nitrogen and oxygen atoms in total. The number of oxazole rings is 1. The molecule has 10 heteroatoms. The van der Waals surface area contributed by atoms with Crippen molar-refractivity contribution in [2.75, 3.05) is 10.6 Å². The summed E-state index contributed by atoms with van der Waals surface area (Å²) < 4.78 is 10.7. The molecule has 4 aromatic rings. The highest BCUT2D eigenvalue weighted by Gasteiger charge is 2.16. The Morgan fingerprint density at radius 2 is 2.10 bits per heavy atom. The minimum Gasteiger partial charge on any atom is -0.444 e. The van der Waals surface area contributed by atoms with Crippen molar-refractivity contribution in [2.24, 2.45) is 0 Å². The van der Waals surface area contributed by atoms with Gasteiger partial charge in [-0.3, -0.25) is 5.32 Å². The molecule has 0 aliphatic carbocycles. The average Bonchev–Trinajstić information content (AvgIpc) is 3.32. The minimum atomic E-state index is -0.688. The number of hydrogen-bond donors (Lipinski definition) is 2. The fourth-order valence-corrected chi connectivity index (χ4v) is 3.31. The van der Waals surface area contributed by atoms with E-state index in [1.54, 1.807) is 25.4 Å². The molecule has 4 rings (SSSR count). The zero-order valence-electron chi connectivity index (χ0n) is 15.5. The molecule has 0 atom stereocenters. The van der Waals surface area contributed by atoms with Crippen LogP contribution in [0.25, 0.3) is 11.3 Å². The number of thiazole rings is 1. The van der Waals surface area contributed by atoms with Gasteiger partial charge in [0.05, 0.1) is 11.2 Å². The number of nitrogens with one attached hydrogen (secondary N) is 2. The number of aromatic nitrogens is 4. The zero-order chi connectivity index (χ0) is 20.2. The number of carbonyl (C=O) groups excluding carboxylic acids is 1. The minimum absolute atomic E-state index is 0.181. The van der Waals surface area contributed by atoms with Gasteiger partial charge >= 0.3 is 6.09 Å². The van der Waals surface area contributed by atoms with E-state index in [0.717, 1.165) is 16.3 Å². The number of carbonyl (C=O) groups is 1. The van der Waals surface area contributed by atoms with Crippen LogP contribution in [0.4, 0.5) is 21.3 Å². The van der Waals surface area contributed by atoms with Gasteiger partial charge in [-0.15, -0.1) is 0 Å². The highest BCUT2D eigenvalue weighted by atomic mass is 32.1. The summed E-state index contributed by atoms with van der Waals surface area (Å²) in [4.78, 5) is 28.6. The van der Waals surface area contributed by atoms with Crippen LogP contribution in [-0.2, 0) is 0 Å². The number of rotatable bonds is 5. The fourth-order valence-electron chi connectivity index (χ4n) is 2.54. The molecule has 2 N–H and O–H groups in total. The number of hydrogen-bond acceptors (Lipinski definition) is 9. The molecule has 0 fully saturated rings. The second-order valence-corrected chi connectivity index (χ2v) is 7.15. The molecule has 0 aliphatic heterocycles. The summed E-state index contributed by atoms with van der Waals surface area (Å²) in [5.74, 6) is 1.73. The lowest BCUT2D eigenvalue weighted by atomic mass is 10.1. The highest BCUT2D eigenvalue weighted by molar-refractivity contribution is 7.16. The predicted molar refractivity (Wildman–Crippen MR) is 108 cm³/mol. The van der Waals surface area contributed by atoms with Gasteiger partial charge in [0.2, 0.25) is 0 Å². The zero-order valence-corrected chi connectivity index (χ0v) is 16.4. The van der Waals surface area contributed by atoms with Crippen LogP contribution in [0.15, 0.2) is 53.5 Å². The van der Waals surface area contributed by atoms with E-state index in [2.05, 4.69) is 30.6 Å². The van der Waals surface area contributed by atoms with E-state index >= 15 is 0 Å². The maximum atomic E-state index is 12.2. The second kappa shape index (κ2) is 8.07. The van der Waals surface area contributed by atoms with Crippen molar-refractivity contribution >= 4 is 33.9 Å². The molecule has 1 aromatic carbocycles. The van der Waals surface area contributed by atoms with Crippen molar-refractivity contribution in [1.82, 2.24) is 19.9 Å². The van der Waals surface area contributed by atoms with Gasteiger partial charge in [0, 0.05) is 17.4 Å². The summed E-state index contributed by atoms with van der Waals surface area (Å²) >= 11 is 1.37. The summed E-state index contributed by atoms with van der Waals surface area (Å²) in [6.07, 6.45) is 3.89. The Hall–Kier alpha value is -3.79. The van der Waals surface area contributed by atoms with Gasteiger partial charge in [0.25, 0.3) is 5.88 Å². The van der Waals surface area contributed by atoms with Crippen molar-refractivity contribution in [3.05, 3.63) is 60.0 Å². The van der Waals surface area contributed by atoms with Crippen LogP contribution >= 0.6 is 11.3 Å². The van der Waals surface area contributed by atoms with Crippen molar-refractivity contribution in [1.29, 1.82) is 0 Å². The molecule has 0 saturated heterocycles. The highest BCUT2D eigenvalue weighted by Crippen LogP contribution is 2.34. The van der Waals surface area contributed by atoms with Gasteiger partial charge in [-0.25, -0.2) is 24.7 Å². The van der Waals surface area contributed by atoms with Crippen LogP contribution in [0.1, 0.15) is 10.8 Å².